The Labute approximate surface area is 175 Å². The van der Waals surface area contributed by atoms with Gasteiger partial charge in [0.05, 0.1) is 18.7 Å². The number of methoxy groups -OCH3 is 1. The van der Waals surface area contributed by atoms with Crippen molar-refractivity contribution < 1.29 is 14.2 Å². The fourth-order valence-corrected chi connectivity index (χ4v) is 4.35. The molecule has 8 heteroatoms. The van der Waals surface area contributed by atoms with Crippen molar-refractivity contribution in [1.82, 2.24) is 15.2 Å². The second-order valence-corrected chi connectivity index (χ2v) is 7.88. The first-order valence-corrected chi connectivity index (χ1v) is 10.6. The highest BCUT2D eigenvalue weighted by molar-refractivity contribution is 7.80. The van der Waals surface area contributed by atoms with Gasteiger partial charge in [-0.3, -0.25) is 4.79 Å². The second-order valence-electron chi connectivity index (χ2n) is 7.50. The van der Waals surface area contributed by atoms with Crippen LogP contribution in [0.15, 0.2) is 23.0 Å². The molecule has 29 heavy (non-hydrogen) atoms. The molecule has 1 aromatic carbocycles. The average Bonchev–Trinajstić information content (AvgIpc) is 3.25. The molecule has 0 amide bonds. The van der Waals surface area contributed by atoms with Gasteiger partial charge in [-0.05, 0) is 37.2 Å². The smallest absolute Gasteiger partial charge is 0.253 e. The summed E-state index contributed by atoms with van der Waals surface area (Å²) >= 11 is 5.65. The highest BCUT2D eigenvalue weighted by atomic mass is 32.1. The fourth-order valence-electron chi connectivity index (χ4n) is 4.03. The Morgan fingerprint density at radius 1 is 1.24 bits per heavy atom. The van der Waals surface area contributed by atoms with E-state index in [1.165, 1.54) is 12.8 Å². The van der Waals surface area contributed by atoms with Crippen molar-refractivity contribution in [3.8, 4) is 11.5 Å². The molecule has 2 aliphatic rings. The molecule has 1 fully saturated rings. The van der Waals surface area contributed by atoms with Crippen molar-refractivity contribution >= 4 is 28.2 Å². The van der Waals surface area contributed by atoms with Gasteiger partial charge >= 0.3 is 0 Å². The molecule has 0 radical (unpaired) electrons. The Morgan fingerprint density at radius 3 is 2.69 bits per heavy atom. The molecule has 0 saturated heterocycles. The van der Waals surface area contributed by atoms with E-state index in [9.17, 15) is 4.79 Å². The van der Waals surface area contributed by atoms with Gasteiger partial charge in [0.25, 0.3) is 5.56 Å². The van der Waals surface area contributed by atoms with E-state index in [4.69, 9.17) is 26.4 Å². The number of thiocarbonyl (C=S) groups is 1. The number of nitrogens with zero attached hydrogens (tertiary/aromatic N) is 1. The molecule has 1 aliphatic heterocycles. The molecule has 7 nitrogen and oxygen atoms in total. The summed E-state index contributed by atoms with van der Waals surface area (Å²) in [5.41, 5.74) is 1.34. The highest BCUT2D eigenvalue weighted by Gasteiger charge is 2.25. The topological polar surface area (TPSA) is 75.8 Å². The molecule has 0 bridgehead atoms. The number of pyridine rings is 1. The first kappa shape index (κ1) is 20.0. The maximum atomic E-state index is 12.8. The summed E-state index contributed by atoms with van der Waals surface area (Å²) in [4.78, 5) is 17.9. The number of ether oxygens (including phenoxy) is 3. The fraction of sp³-hybridized carbons (Fsp3) is 0.524. The van der Waals surface area contributed by atoms with E-state index in [-0.39, 0.29) is 5.56 Å². The van der Waals surface area contributed by atoms with Gasteiger partial charge in [0.2, 0.25) is 0 Å². The molecule has 1 aliphatic carbocycles. The zero-order valence-electron chi connectivity index (χ0n) is 16.7. The summed E-state index contributed by atoms with van der Waals surface area (Å²) in [6.07, 6.45) is 4.57. The van der Waals surface area contributed by atoms with Crippen LogP contribution in [0.2, 0.25) is 0 Å². The minimum absolute atomic E-state index is 0.100. The van der Waals surface area contributed by atoms with Crippen LogP contribution in [0.5, 0.6) is 11.5 Å². The standard InChI is InChI=1S/C21H27N3O4S/c1-26-7-6-22-21(29)24(16-4-2-3-5-16)13-15-10-14-11-18-19(28-9-8-27-18)12-17(14)23-20(15)25/h10-12,16H,2-9,13H2,1H3,(H,22,29)(H,23,25). The average molecular weight is 418 g/mol. The van der Waals surface area contributed by atoms with Crippen LogP contribution in [0.4, 0.5) is 0 Å². The predicted octanol–water partition coefficient (Wildman–Crippen LogP) is 2.56. The Balaban J connectivity index is 1.61. The predicted molar refractivity (Wildman–Crippen MR) is 116 cm³/mol. The monoisotopic (exact) mass is 417 g/mol. The quantitative estimate of drug-likeness (QED) is 0.553. The summed E-state index contributed by atoms with van der Waals surface area (Å²) in [5, 5.41) is 4.86. The minimum atomic E-state index is -0.100. The van der Waals surface area contributed by atoms with Crippen molar-refractivity contribution in [2.75, 3.05) is 33.5 Å². The van der Waals surface area contributed by atoms with Gasteiger partial charge in [0.1, 0.15) is 13.2 Å². The molecule has 2 N–H and O–H groups in total. The van der Waals surface area contributed by atoms with Gasteiger partial charge < -0.3 is 29.4 Å². The van der Waals surface area contributed by atoms with E-state index >= 15 is 0 Å². The Bertz CT molecular complexity index is 939. The Kier molecular flexibility index (Phi) is 6.20. The van der Waals surface area contributed by atoms with E-state index in [0.717, 1.165) is 23.7 Å². The first-order chi connectivity index (χ1) is 14.2. The van der Waals surface area contributed by atoms with Crippen LogP contribution >= 0.6 is 12.2 Å². The van der Waals surface area contributed by atoms with Crippen LogP contribution in [-0.2, 0) is 11.3 Å². The molecule has 2 heterocycles. The van der Waals surface area contributed by atoms with Crippen molar-refractivity contribution in [2.45, 2.75) is 38.3 Å². The maximum Gasteiger partial charge on any atom is 0.253 e. The zero-order valence-corrected chi connectivity index (χ0v) is 17.5. The van der Waals surface area contributed by atoms with Crippen LogP contribution in [0, 0.1) is 0 Å². The van der Waals surface area contributed by atoms with Gasteiger partial charge in [0, 0.05) is 36.7 Å². The summed E-state index contributed by atoms with van der Waals surface area (Å²) in [6.45, 7) is 2.76. The molecule has 4 rings (SSSR count). The molecule has 0 unspecified atom stereocenters. The SMILES string of the molecule is COCCNC(=S)N(Cc1cc2cc3c(cc2[nH]c1=O)OCCO3)C1CCCC1. The lowest BCUT2D eigenvalue weighted by Gasteiger charge is -2.31. The van der Waals surface area contributed by atoms with E-state index in [1.807, 2.05) is 18.2 Å². The molecule has 0 spiro atoms. The summed E-state index contributed by atoms with van der Waals surface area (Å²) < 4.78 is 16.4. The number of H-pyrrole nitrogens is 1. The van der Waals surface area contributed by atoms with Crippen LogP contribution in [0.1, 0.15) is 31.2 Å². The van der Waals surface area contributed by atoms with E-state index in [2.05, 4.69) is 15.2 Å². The lowest BCUT2D eigenvalue weighted by atomic mass is 10.1. The molecule has 1 saturated carbocycles. The minimum Gasteiger partial charge on any atom is -0.486 e. The number of aromatic amines is 1. The number of rotatable bonds is 6. The zero-order chi connectivity index (χ0) is 20.2. The van der Waals surface area contributed by atoms with Crippen LogP contribution in [-0.4, -0.2) is 54.5 Å². The van der Waals surface area contributed by atoms with Gasteiger partial charge in [-0.25, -0.2) is 0 Å². The Hall–Kier alpha value is -2.32. The van der Waals surface area contributed by atoms with Crippen molar-refractivity contribution in [3.63, 3.8) is 0 Å². The van der Waals surface area contributed by atoms with E-state index < -0.39 is 0 Å². The molecule has 156 valence electrons. The van der Waals surface area contributed by atoms with E-state index in [1.54, 1.807) is 7.11 Å². The third kappa shape index (κ3) is 4.48. The van der Waals surface area contributed by atoms with Crippen molar-refractivity contribution in [2.24, 2.45) is 0 Å². The third-order valence-electron chi connectivity index (χ3n) is 5.53. The van der Waals surface area contributed by atoms with Crippen molar-refractivity contribution in [3.05, 3.63) is 34.1 Å². The third-order valence-corrected chi connectivity index (χ3v) is 5.91. The second kappa shape index (κ2) is 9.00. The van der Waals surface area contributed by atoms with Gasteiger partial charge in [-0.1, -0.05) is 12.8 Å². The van der Waals surface area contributed by atoms with Crippen molar-refractivity contribution in [1.29, 1.82) is 0 Å². The number of nitrogens with one attached hydrogen (secondary N) is 2. The number of hydrogen-bond donors (Lipinski definition) is 2. The lowest BCUT2D eigenvalue weighted by molar-refractivity contribution is 0.172. The number of fused-ring (bicyclic) bond motifs is 2. The maximum absolute atomic E-state index is 12.8. The van der Waals surface area contributed by atoms with Crippen LogP contribution in [0.3, 0.4) is 0 Å². The summed E-state index contributed by atoms with van der Waals surface area (Å²) in [6, 6.07) is 6.05. The van der Waals surface area contributed by atoms with Gasteiger partial charge in [-0.15, -0.1) is 0 Å². The number of hydrogen-bond acceptors (Lipinski definition) is 5. The van der Waals surface area contributed by atoms with Gasteiger partial charge in [0.15, 0.2) is 16.6 Å². The molecule has 1 aromatic heterocycles. The number of aromatic nitrogens is 1. The Morgan fingerprint density at radius 2 is 1.97 bits per heavy atom. The molecule has 0 atom stereocenters. The molecule has 2 aromatic rings. The lowest BCUT2D eigenvalue weighted by Crippen LogP contribution is -2.46. The van der Waals surface area contributed by atoms with Crippen LogP contribution in [0.25, 0.3) is 10.9 Å². The largest absolute Gasteiger partial charge is 0.486 e. The first-order valence-electron chi connectivity index (χ1n) is 10.1. The highest BCUT2D eigenvalue weighted by Crippen LogP contribution is 2.34. The van der Waals surface area contributed by atoms with Crippen LogP contribution < -0.4 is 20.3 Å². The molecular weight excluding hydrogens is 390 g/mol. The summed E-state index contributed by atoms with van der Waals surface area (Å²) in [5.74, 6) is 1.38. The number of benzene rings is 1. The summed E-state index contributed by atoms with van der Waals surface area (Å²) in [7, 11) is 1.67. The van der Waals surface area contributed by atoms with E-state index in [0.29, 0.717) is 61.1 Å². The van der Waals surface area contributed by atoms with Gasteiger partial charge in [-0.2, -0.15) is 0 Å². The normalized spacial score (nSPS) is 16.2. The molecular formula is C21H27N3O4S.